The average Bonchev–Trinajstić information content (AvgIpc) is 3.14. The summed E-state index contributed by atoms with van der Waals surface area (Å²) in [5.41, 5.74) is 3.09. The highest BCUT2D eigenvalue weighted by molar-refractivity contribution is 5.58. The van der Waals surface area contributed by atoms with Crippen LogP contribution in [-0.2, 0) is 11.3 Å². The highest BCUT2D eigenvalue weighted by atomic mass is 19.1. The van der Waals surface area contributed by atoms with Crippen LogP contribution in [0.4, 0.5) is 4.39 Å². The predicted molar refractivity (Wildman–Crippen MR) is 94.4 cm³/mol. The summed E-state index contributed by atoms with van der Waals surface area (Å²) in [5, 5.41) is 0. The molecule has 1 aromatic heterocycles. The van der Waals surface area contributed by atoms with E-state index in [1.165, 1.54) is 17.7 Å². The Hall–Kier alpha value is -2.50. The average molecular weight is 337 g/mol. The zero-order valence-corrected chi connectivity index (χ0v) is 13.9. The van der Waals surface area contributed by atoms with Crippen molar-refractivity contribution in [2.75, 3.05) is 19.8 Å². The lowest BCUT2D eigenvalue weighted by atomic mass is 10.1. The third-order valence-corrected chi connectivity index (χ3v) is 4.53. The maximum Gasteiger partial charge on any atom is 0.126 e. The molecule has 1 fully saturated rings. The minimum Gasteiger partial charge on any atom is -0.378 e. The van der Waals surface area contributed by atoms with E-state index in [2.05, 4.69) is 39.1 Å². The Morgan fingerprint density at radius 2 is 1.92 bits per heavy atom. The molecule has 0 amide bonds. The molecule has 2 aromatic carbocycles. The van der Waals surface area contributed by atoms with Crippen LogP contribution in [0.5, 0.6) is 0 Å². The van der Waals surface area contributed by atoms with E-state index in [0.717, 1.165) is 36.8 Å². The van der Waals surface area contributed by atoms with Gasteiger partial charge in [0.15, 0.2) is 0 Å². The lowest BCUT2D eigenvalue weighted by Crippen LogP contribution is -2.39. The van der Waals surface area contributed by atoms with Crippen LogP contribution < -0.4 is 0 Å². The topological polar surface area (TPSA) is 41.1 Å². The highest BCUT2D eigenvalue weighted by Crippen LogP contribution is 2.26. The first-order chi connectivity index (χ1) is 12.3. The summed E-state index contributed by atoms with van der Waals surface area (Å²) in [4.78, 5) is 10.3. The molecule has 0 bridgehead atoms. The highest BCUT2D eigenvalue weighted by Gasteiger charge is 2.27. The molecule has 1 N–H and O–H groups in total. The summed E-state index contributed by atoms with van der Waals surface area (Å²) in [6.07, 6.45) is 1.80. The second kappa shape index (κ2) is 7.17. The van der Waals surface area contributed by atoms with Gasteiger partial charge in [-0.3, -0.25) is 4.90 Å². The van der Waals surface area contributed by atoms with Gasteiger partial charge in [-0.25, -0.2) is 9.37 Å². The molecule has 0 spiro atoms. The number of imidazole rings is 1. The van der Waals surface area contributed by atoms with Crippen LogP contribution in [0.1, 0.15) is 17.4 Å². The van der Waals surface area contributed by atoms with Gasteiger partial charge in [0.2, 0.25) is 0 Å². The predicted octanol–water partition coefficient (Wildman–Crippen LogP) is 3.79. The van der Waals surface area contributed by atoms with Crippen LogP contribution in [-0.4, -0.2) is 34.6 Å². The van der Waals surface area contributed by atoms with E-state index < -0.39 is 0 Å². The normalized spacial score (nSPS) is 18.4. The maximum absolute atomic E-state index is 13.1. The smallest absolute Gasteiger partial charge is 0.126 e. The van der Waals surface area contributed by atoms with Gasteiger partial charge in [-0.05, 0) is 35.4 Å². The number of hydrogen-bond donors (Lipinski definition) is 1. The summed E-state index contributed by atoms with van der Waals surface area (Å²) in [6, 6.07) is 16.9. The summed E-state index contributed by atoms with van der Waals surface area (Å²) in [6.45, 7) is 3.08. The quantitative estimate of drug-likeness (QED) is 0.787. The van der Waals surface area contributed by atoms with Crippen LogP contribution in [0.2, 0.25) is 0 Å². The molecule has 1 aliphatic heterocycles. The van der Waals surface area contributed by atoms with Crippen molar-refractivity contribution in [1.82, 2.24) is 14.9 Å². The molecule has 0 aliphatic carbocycles. The summed E-state index contributed by atoms with van der Waals surface area (Å²) in [5.74, 6) is 0.646. The molecule has 1 saturated heterocycles. The summed E-state index contributed by atoms with van der Waals surface area (Å²) < 4.78 is 18.8. The Labute approximate surface area is 146 Å². The molecule has 2 heterocycles. The van der Waals surface area contributed by atoms with Crippen LogP contribution in [0, 0.1) is 5.82 Å². The second-order valence-corrected chi connectivity index (χ2v) is 6.24. The molecule has 4 nitrogen and oxygen atoms in total. The number of aromatic amines is 1. The first-order valence-corrected chi connectivity index (χ1v) is 8.46. The molecule has 1 aliphatic rings. The molecule has 0 saturated carbocycles. The van der Waals surface area contributed by atoms with E-state index >= 15 is 0 Å². The van der Waals surface area contributed by atoms with E-state index in [0.29, 0.717) is 6.61 Å². The summed E-state index contributed by atoms with van der Waals surface area (Å²) in [7, 11) is 0. The number of halogens is 1. The number of H-pyrrole nitrogens is 1. The van der Waals surface area contributed by atoms with Gasteiger partial charge in [-0.15, -0.1) is 0 Å². The van der Waals surface area contributed by atoms with Crippen LogP contribution in [0.3, 0.4) is 0 Å². The van der Waals surface area contributed by atoms with Gasteiger partial charge in [0.05, 0.1) is 31.1 Å². The Balaban J connectivity index is 1.55. The van der Waals surface area contributed by atoms with Gasteiger partial charge in [0.1, 0.15) is 11.6 Å². The molecule has 5 heteroatoms. The first kappa shape index (κ1) is 16.0. The zero-order chi connectivity index (χ0) is 17.1. The lowest BCUT2D eigenvalue weighted by Gasteiger charge is -2.34. The van der Waals surface area contributed by atoms with Crippen molar-refractivity contribution in [3.8, 4) is 11.3 Å². The van der Waals surface area contributed by atoms with Gasteiger partial charge in [0.25, 0.3) is 0 Å². The fraction of sp³-hybridized carbons (Fsp3) is 0.250. The van der Waals surface area contributed by atoms with Gasteiger partial charge in [0, 0.05) is 13.1 Å². The standard InChI is InChI=1S/C20H20FN3O/c21-17-8-6-16(7-9-17)18-12-22-20(23-18)19-14-25-11-10-24(19)13-15-4-2-1-3-5-15/h1-9,12,19H,10-11,13-14H2,(H,22,23). The fourth-order valence-corrected chi connectivity index (χ4v) is 3.18. The number of nitrogens with one attached hydrogen (secondary N) is 1. The van der Waals surface area contributed by atoms with Gasteiger partial charge in [-0.2, -0.15) is 0 Å². The van der Waals surface area contributed by atoms with Crippen molar-refractivity contribution in [2.45, 2.75) is 12.6 Å². The van der Waals surface area contributed by atoms with Crippen molar-refractivity contribution >= 4 is 0 Å². The molecular formula is C20H20FN3O. The minimum atomic E-state index is -0.238. The molecule has 128 valence electrons. The Kier molecular flexibility index (Phi) is 4.59. The monoisotopic (exact) mass is 337 g/mol. The van der Waals surface area contributed by atoms with E-state index in [9.17, 15) is 4.39 Å². The molecule has 25 heavy (non-hydrogen) atoms. The Morgan fingerprint density at radius 1 is 1.12 bits per heavy atom. The lowest BCUT2D eigenvalue weighted by molar-refractivity contribution is -0.0156. The molecule has 4 rings (SSSR count). The number of morpholine rings is 1. The van der Waals surface area contributed by atoms with Gasteiger partial charge < -0.3 is 9.72 Å². The van der Waals surface area contributed by atoms with Crippen molar-refractivity contribution < 1.29 is 9.13 Å². The van der Waals surface area contributed by atoms with Gasteiger partial charge in [-0.1, -0.05) is 30.3 Å². The van der Waals surface area contributed by atoms with E-state index in [1.807, 2.05) is 6.07 Å². The van der Waals surface area contributed by atoms with Gasteiger partial charge >= 0.3 is 0 Å². The molecule has 1 atom stereocenters. The minimum absolute atomic E-state index is 0.0863. The van der Waals surface area contributed by atoms with E-state index in [4.69, 9.17) is 4.74 Å². The molecule has 1 unspecified atom stereocenters. The van der Waals surface area contributed by atoms with Crippen molar-refractivity contribution in [2.24, 2.45) is 0 Å². The number of rotatable bonds is 4. The SMILES string of the molecule is Fc1ccc(-c2cnc(C3COCCN3Cc3ccccc3)[nH]2)cc1. The number of nitrogens with zero attached hydrogens (tertiary/aromatic N) is 2. The van der Waals surface area contributed by atoms with Crippen molar-refractivity contribution in [3.05, 3.63) is 78.0 Å². The maximum atomic E-state index is 13.1. The largest absolute Gasteiger partial charge is 0.378 e. The van der Waals surface area contributed by atoms with Crippen LogP contribution in [0.25, 0.3) is 11.3 Å². The van der Waals surface area contributed by atoms with Crippen LogP contribution >= 0.6 is 0 Å². The van der Waals surface area contributed by atoms with E-state index in [1.54, 1.807) is 18.3 Å². The van der Waals surface area contributed by atoms with Crippen molar-refractivity contribution in [3.63, 3.8) is 0 Å². The second-order valence-electron chi connectivity index (χ2n) is 6.24. The zero-order valence-electron chi connectivity index (χ0n) is 13.9. The molecule has 3 aromatic rings. The third-order valence-electron chi connectivity index (χ3n) is 4.53. The third kappa shape index (κ3) is 3.62. The van der Waals surface area contributed by atoms with E-state index in [-0.39, 0.29) is 11.9 Å². The molecular weight excluding hydrogens is 317 g/mol. The number of benzene rings is 2. The Bertz CT molecular complexity index is 816. The summed E-state index contributed by atoms with van der Waals surface area (Å²) >= 11 is 0. The number of hydrogen-bond acceptors (Lipinski definition) is 3. The first-order valence-electron chi connectivity index (χ1n) is 8.46. The number of aromatic nitrogens is 2. The fourth-order valence-electron chi connectivity index (χ4n) is 3.18. The molecule has 0 radical (unpaired) electrons. The van der Waals surface area contributed by atoms with Crippen LogP contribution in [0.15, 0.2) is 60.8 Å². The number of ether oxygens (including phenoxy) is 1. The van der Waals surface area contributed by atoms with Crippen molar-refractivity contribution in [1.29, 1.82) is 0 Å². The Morgan fingerprint density at radius 3 is 2.72 bits per heavy atom.